The van der Waals surface area contributed by atoms with Gasteiger partial charge in [0.15, 0.2) is 5.69 Å². The third kappa shape index (κ3) is 4.28. The van der Waals surface area contributed by atoms with Gasteiger partial charge in [0.2, 0.25) is 0 Å². The molecule has 0 aliphatic rings. The van der Waals surface area contributed by atoms with Crippen molar-refractivity contribution in [2.24, 2.45) is 5.92 Å². The van der Waals surface area contributed by atoms with Crippen molar-refractivity contribution in [3.8, 4) is 0 Å². The quantitative estimate of drug-likeness (QED) is 0.819. The lowest BCUT2D eigenvalue weighted by Crippen LogP contribution is -2.40. The standard InChI is InChI=1S/C19H25N3O4/c1-12(2)11-22-18(25)15-8-6-5-7-14(15)17(20-22)19(26)21(13(3)4)10-9-16(23)24/h5-8,12-13H,9-11H2,1-4H3,(H,23,24). The summed E-state index contributed by atoms with van der Waals surface area (Å²) in [4.78, 5) is 38.2. The normalized spacial score (nSPS) is 11.3. The van der Waals surface area contributed by atoms with Crippen LogP contribution >= 0.6 is 0 Å². The van der Waals surface area contributed by atoms with Crippen LogP contribution in [0, 0.1) is 5.92 Å². The van der Waals surface area contributed by atoms with Crippen molar-refractivity contribution in [3.05, 3.63) is 40.3 Å². The molecule has 1 heterocycles. The van der Waals surface area contributed by atoms with Crippen LogP contribution < -0.4 is 5.56 Å². The van der Waals surface area contributed by atoms with E-state index in [1.54, 1.807) is 24.3 Å². The van der Waals surface area contributed by atoms with Gasteiger partial charge in [-0.25, -0.2) is 4.68 Å². The van der Waals surface area contributed by atoms with Crippen LogP contribution in [0.5, 0.6) is 0 Å². The molecule has 0 aliphatic heterocycles. The summed E-state index contributed by atoms with van der Waals surface area (Å²) in [6, 6.07) is 6.70. The van der Waals surface area contributed by atoms with E-state index in [1.165, 1.54) is 9.58 Å². The number of fused-ring (bicyclic) bond motifs is 1. The van der Waals surface area contributed by atoms with Gasteiger partial charge in [-0.3, -0.25) is 14.4 Å². The number of carboxylic acids is 1. The van der Waals surface area contributed by atoms with Gasteiger partial charge in [0.25, 0.3) is 11.5 Å². The Labute approximate surface area is 152 Å². The molecular formula is C19H25N3O4. The first kappa shape index (κ1) is 19.6. The molecule has 7 nitrogen and oxygen atoms in total. The Bertz CT molecular complexity index is 871. The number of carbonyl (C=O) groups excluding carboxylic acids is 1. The summed E-state index contributed by atoms with van der Waals surface area (Å²) in [5, 5.41) is 14.2. The second-order valence-electron chi connectivity index (χ2n) is 7.01. The average molecular weight is 359 g/mol. The number of amides is 1. The number of aromatic nitrogens is 2. The van der Waals surface area contributed by atoms with Crippen molar-refractivity contribution in [3.63, 3.8) is 0 Å². The van der Waals surface area contributed by atoms with E-state index < -0.39 is 5.97 Å². The minimum Gasteiger partial charge on any atom is -0.481 e. The lowest BCUT2D eigenvalue weighted by Gasteiger charge is -2.26. The smallest absolute Gasteiger partial charge is 0.305 e. The first-order valence-corrected chi connectivity index (χ1v) is 8.75. The summed E-state index contributed by atoms with van der Waals surface area (Å²) in [7, 11) is 0. The van der Waals surface area contributed by atoms with Gasteiger partial charge in [0, 0.05) is 24.5 Å². The molecule has 1 aromatic carbocycles. The second kappa shape index (κ2) is 8.12. The lowest BCUT2D eigenvalue weighted by atomic mass is 10.1. The van der Waals surface area contributed by atoms with Crippen LogP contribution in [0.15, 0.2) is 29.1 Å². The fourth-order valence-electron chi connectivity index (χ4n) is 2.81. The number of hydrogen-bond donors (Lipinski definition) is 1. The molecule has 0 spiro atoms. The van der Waals surface area contributed by atoms with Crippen LogP contribution in [0.4, 0.5) is 0 Å². The Morgan fingerprint density at radius 3 is 2.31 bits per heavy atom. The highest BCUT2D eigenvalue weighted by molar-refractivity contribution is 6.04. The number of rotatable bonds is 7. The Kier molecular flexibility index (Phi) is 6.13. The molecule has 2 rings (SSSR count). The molecule has 1 N–H and O–H groups in total. The van der Waals surface area contributed by atoms with Gasteiger partial charge >= 0.3 is 5.97 Å². The first-order valence-electron chi connectivity index (χ1n) is 8.75. The maximum absolute atomic E-state index is 13.1. The van der Waals surface area contributed by atoms with Gasteiger partial charge in [-0.1, -0.05) is 32.0 Å². The van der Waals surface area contributed by atoms with E-state index in [9.17, 15) is 14.4 Å². The number of carbonyl (C=O) groups is 2. The number of hydrogen-bond acceptors (Lipinski definition) is 4. The second-order valence-corrected chi connectivity index (χ2v) is 7.01. The van der Waals surface area contributed by atoms with Crippen LogP contribution in [-0.2, 0) is 11.3 Å². The SMILES string of the molecule is CC(C)Cn1nc(C(=O)N(CCC(=O)O)C(C)C)c2ccccc2c1=O. The molecule has 1 aromatic heterocycles. The molecule has 0 saturated heterocycles. The van der Waals surface area contributed by atoms with Crippen molar-refractivity contribution in [1.29, 1.82) is 0 Å². The minimum atomic E-state index is -0.967. The van der Waals surface area contributed by atoms with E-state index in [4.69, 9.17) is 5.11 Å². The fraction of sp³-hybridized carbons (Fsp3) is 0.474. The Morgan fingerprint density at radius 2 is 1.77 bits per heavy atom. The zero-order valence-corrected chi connectivity index (χ0v) is 15.6. The predicted molar refractivity (Wildman–Crippen MR) is 99.3 cm³/mol. The lowest BCUT2D eigenvalue weighted by molar-refractivity contribution is -0.137. The summed E-state index contributed by atoms with van der Waals surface area (Å²) in [6.45, 7) is 8.08. The van der Waals surface area contributed by atoms with Crippen molar-refractivity contribution < 1.29 is 14.7 Å². The van der Waals surface area contributed by atoms with Crippen LogP contribution in [0.25, 0.3) is 10.8 Å². The summed E-state index contributed by atoms with van der Waals surface area (Å²) < 4.78 is 1.33. The van der Waals surface area contributed by atoms with Gasteiger partial charge in [0.05, 0.1) is 11.8 Å². The topological polar surface area (TPSA) is 92.5 Å². The monoisotopic (exact) mass is 359 g/mol. The van der Waals surface area contributed by atoms with E-state index in [1.807, 2.05) is 27.7 Å². The summed E-state index contributed by atoms with van der Waals surface area (Å²) >= 11 is 0. The van der Waals surface area contributed by atoms with E-state index in [2.05, 4.69) is 5.10 Å². The van der Waals surface area contributed by atoms with Crippen molar-refractivity contribution >= 4 is 22.6 Å². The molecule has 0 bridgehead atoms. The van der Waals surface area contributed by atoms with E-state index in [-0.39, 0.29) is 42.1 Å². The molecular weight excluding hydrogens is 334 g/mol. The number of nitrogens with zero attached hydrogens (tertiary/aromatic N) is 3. The predicted octanol–water partition coefficient (Wildman–Crippen LogP) is 2.38. The van der Waals surface area contributed by atoms with Gasteiger partial charge in [0.1, 0.15) is 0 Å². The van der Waals surface area contributed by atoms with Gasteiger partial charge in [-0.2, -0.15) is 5.10 Å². The van der Waals surface area contributed by atoms with E-state index in [0.29, 0.717) is 17.3 Å². The van der Waals surface area contributed by atoms with Crippen molar-refractivity contribution in [2.45, 2.75) is 46.7 Å². The highest BCUT2D eigenvalue weighted by Crippen LogP contribution is 2.17. The zero-order chi connectivity index (χ0) is 19.4. The molecule has 140 valence electrons. The molecule has 0 fully saturated rings. The third-order valence-electron chi connectivity index (χ3n) is 4.06. The summed E-state index contributed by atoms with van der Waals surface area (Å²) in [5.41, 5.74) is -0.0487. The number of aliphatic carboxylic acids is 1. The van der Waals surface area contributed by atoms with Crippen LogP contribution in [0.2, 0.25) is 0 Å². The van der Waals surface area contributed by atoms with E-state index in [0.717, 1.165) is 0 Å². The van der Waals surface area contributed by atoms with E-state index >= 15 is 0 Å². The van der Waals surface area contributed by atoms with Gasteiger partial charge in [-0.15, -0.1) is 0 Å². The first-order chi connectivity index (χ1) is 12.2. The maximum atomic E-state index is 13.1. The summed E-state index contributed by atoms with van der Waals surface area (Å²) in [6.07, 6.45) is -0.145. The van der Waals surface area contributed by atoms with Gasteiger partial charge in [-0.05, 0) is 25.8 Å². The number of benzene rings is 1. The molecule has 2 aromatic rings. The summed E-state index contributed by atoms with van der Waals surface area (Å²) in [5.74, 6) is -1.14. The zero-order valence-electron chi connectivity index (χ0n) is 15.6. The van der Waals surface area contributed by atoms with Crippen LogP contribution in [-0.4, -0.2) is 44.3 Å². The Hall–Kier alpha value is -2.70. The molecule has 0 unspecified atom stereocenters. The largest absolute Gasteiger partial charge is 0.481 e. The molecule has 0 atom stereocenters. The molecule has 0 saturated carbocycles. The van der Waals surface area contributed by atoms with Crippen LogP contribution in [0.3, 0.4) is 0 Å². The average Bonchev–Trinajstić information content (AvgIpc) is 2.56. The third-order valence-corrected chi connectivity index (χ3v) is 4.06. The van der Waals surface area contributed by atoms with Crippen molar-refractivity contribution in [1.82, 2.24) is 14.7 Å². The number of carboxylic acid groups (broad SMARTS) is 1. The fourth-order valence-corrected chi connectivity index (χ4v) is 2.81. The highest BCUT2D eigenvalue weighted by Gasteiger charge is 2.24. The van der Waals surface area contributed by atoms with Crippen molar-refractivity contribution in [2.75, 3.05) is 6.54 Å². The molecule has 26 heavy (non-hydrogen) atoms. The molecule has 1 amide bonds. The minimum absolute atomic E-state index is 0.0884. The Morgan fingerprint density at radius 1 is 1.15 bits per heavy atom. The molecule has 0 radical (unpaired) electrons. The highest BCUT2D eigenvalue weighted by atomic mass is 16.4. The molecule has 0 aliphatic carbocycles. The maximum Gasteiger partial charge on any atom is 0.305 e. The van der Waals surface area contributed by atoms with Crippen LogP contribution in [0.1, 0.15) is 44.6 Å². The molecule has 7 heteroatoms. The Balaban J connectivity index is 2.58. The van der Waals surface area contributed by atoms with Gasteiger partial charge < -0.3 is 10.0 Å².